The monoisotopic (exact) mass is 364 g/mol. The summed E-state index contributed by atoms with van der Waals surface area (Å²) in [4.78, 5) is 25.3. The second kappa shape index (κ2) is 9.38. The van der Waals surface area contributed by atoms with Crippen molar-refractivity contribution in [1.29, 1.82) is 0 Å². The molecule has 0 spiro atoms. The second-order valence-corrected chi connectivity index (χ2v) is 7.00. The molecular formula is C18H28N4O4. The number of nitrogens with zero attached hydrogens (tertiary/aromatic N) is 2. The second-order valence-electron chi connectivity index (χ2n) is 7.00. The van der Waals surface area contributed by atoms with Gasteiger partial charge in [-0.3, -0.25) is 15.0 Å². The number of anilines is 1. The van der Waals surface area contributed by atoms with E-state index in [2.05, 4.69) is 29.4 Å². The first kappa shape index (κ1) is 20.0. The Kier molecular flexibility index (Phi) is 7.20. The van der Waals surface area contributed by atoms with Crippen LogP contribution in [-0.2, 0) is 0 Å². The number of nitro groups is 1. The molecule has 144 valence electrons. The van der Waals surface area contributed by atoms with E-state index in [4.69, 9.17) is 4.74 Å². The fraction of sp³-hybridized carbons (Fsp3) is 0.611. The first-order valence-corrected chi connectivity index (χ1v) is 9.02. The largest absolute Gasteiger partial charge is 0.496 e. The third-order valence-corrected chi connectivity index (χ3v) is 4.55. The molecule has 1 aliphatic rings. The maximum absolute atomic E-state index is 12.3. The highest BCUT2D eigenvalue weighted by molar-refractivity contribution is 5.92. The predicted octanol–water partition coefficient (Wildman–Crippen LogP) is 3.24. The van der Waals surface area contributed by atoms with Crippen molar-refractivity contribution in [2.24, 2.45) is 5.92 Å². The Balaban J connectivity index is 1.97. The number of nitro benzene ring substituents is 1. The van der Waals surface area contributed by atoms with Crippen molar-refractivity contribution in [3.8, 4) is 5.75 Å². The molecule has 1 aromatic rings. The number of benzene rings is 1. The number of carbonyl (C=O) groups is 1. The summed E-state index contributed by atoms with van der Waals surface area (Å²) < 4.78 is 5.00. The first-order valence-electron chi connectivity index (χ1n) is 9.02. The molecule has 0 unspecified atom stereocenters. The standard InChI is InChI=1S/C18H28N4O4/c1-13(2)10-14(21-8-4-5-9-21)12-19-18(23)20-16-7-6-15(26-3)11-17(16)22(24)25/h6-7,11,13-14H,4-5,8-10,12H2,1-3H3,(H2,19,20,23)/t14-/m0/s1. The summed E-state index contributed by atoms with van der Waals surface area (Å²) in [6.07, 6.45) is 3.39. The van der Waals surface area contributed by atoms with Crippen LogP contribution in [0, 0.1) is 16.0 Å². The number of carbonyl (C=O) groups excluding carboxylic acids is 1. The average molecular weight is 364 g/mol. The maximum Gasteiger partial charge on any atom is 0.319 e. The maximum atomic E-state index is 12.3. The smallest absolute Gasteiger partial charge is 0.319 e. The van der Waals surface area contributed by atoms with Gasteiger partial charge in [-0.25, -0.2) is 4.79 Å². The number of methoxy groups -OCH3 is 1. The molecule has 0 saturated carbocycles. The van der Waals surface area contributed by atoms with Crippen molar-refractivity contribution in [2.75, 3.05) is 32.1 Å². The van der Waals surface area contributed by atoms with Gasteiger partial charge in [0.05, 0.1) is 18.1 Å². The molecule has 1 heterocycles. The minimum absolute atomic E-state index is 0.148. The molecule has 1 aromatic carbocycles. The van der Waals surface area contributed by atoms with E-state index in [0.717, 1.165) is 19.5 Å². The Morgan fingerprint density at radius 3 is 2.62 bits per heavy atom. The molecule has 0 aliphatic carbocycles. The summed E-state index contributed by atoms with van der Waals surface area (Å²) in [5.74, 6) is 0.904. The van der Waals surface area contributed by atoms with Gasteiger partial charge >= 0.3 is 6.03 Å². The van der Waals surface area contributed by atoms with E-state index in [1.165, 1.54) is 32.1 Å². The molecule has 2 N–H and O–H groups in total. The van der Waals surface area contributed by atoms with Crippen molar-refractivity contribution < 1.29 is 14.5 Å². The summed E-state index contributed by atoms with van der Waals surface area (Å²) in [6, 6.07) is 4.19. The van der Waals surface area contributed by atoms with Gasteiger partial charge in [0, 0.05) is 12.6 Å². The van der Waals surface area contributed by atoms with Crippen molar-refractivity contribution in [1.82, 2.24) is 10.2 Å². The molecule has 8 heteroatoms. The van der Waals surface area contributed by atoms with E-state index in [0.29, 0.717) is 18.2 Å². The van der Waals surface area contributed by atoms with E-state index < -0.39 is 11.0 Å². The van der Waals surface area contributed by atoms with Crippen LogP contribution in [-0.4, -0.2) is 48.6 Å². The van der Waals surface area contributed by atoms with E-state index >= 15 is 0 Å². The molecule has 8 nitrogen and oxygen atoms in total. The molecule has 1 saturated heterocycles. The third-order valence-electron chi connectivity index (χ3n) is 4.55. The molecule has 1 aliphatic heterocycles. The minimum Gasteiger partial charge on any atom is -0.496 e. The van der Waals surface area contributed by atoms with Crippen LogP contribution in [0.15, 0.2) is 18.2 Å². The first-order chi connectivity index (χ1) is 12.4. The lowest BCUT2D eigenvalue weighted by Gasteiger charge is -2.29. The molecule has 2 amide bonds. The van der Waals surface area contributed by atoms with Gasteiger partial charge in [-0.05, 0) is 50.4 Å². The molecule has 1 atom stereocenters. The third kappa shape index (κ3) is 5.59. The zero-order valence-corrected chi connectivity index (χ0v) is 15.7. The summed E-state index contributed by atoms with van der Waals surface area (Å²) in [5, 5.41) is 16.6. The Morgan fingerprint density at radius 2 is 2.04 bits per heavy atom. The summed E-state index contributed by atoms with van der Waals surface area (Å²) in [7, 11) is 1.44. The zero-order valence-electron chi connectivity index (χ0n) is 15.7. The average Bonchev–Trinajstić information content (AvgIpc) is 3.13. The van der Waals surface area contributed by atoms with Crippen LogP contribution >= 0.6 is 0 Å². The highest BCUT2D eigenvalue weighted by atomic mass is 16.6. The molecule has 26 heavy (non-hydrogen) atoms. The van der Waals surface area contributed by atoms with Gasteiger partial charge in [0.2, 0.25) is 0 Å². The van der Waals surface area contributed by atoms with E-state index in [9.17, 15) is 14.9 Å². The van der Waals surface area contributed by atoms with Gasteiger partial charge in [0.1, 0.15) is 11.4 Å². The molecule has 0 bridgehead atoms. The summed E-state index contributed by atoms with van der Waals surface area (Å²) in [5.41, 5.74) is -0.0485. The molecular weight excluding hydrogens is 336 g/mol. The van der Waals surface area contributed by atoms with Gasteiger partial charge in [-0.2, -0.15) is 0 Å². The van der Waals surface area contributed by atoms with Gasteiger partial charge in [-0.15, -0.1) is 0 Å². The summed E-state index contributed by atoms with van der Waals surface area (Å²) >= 11 is 0. The number of nitrogens with one attached hydrogen (secondary N) is 2. The Morgan fingerprint density at radius 1 is 1.35 bits per heavy atom. The van der Waals surface area contributed by atoms with E-state index in [-0.39, 0.29) is 17.4 Å². The van der Waals surface area contributed by atoms with Gasteiger partial charge in [0.25, 0.3) is 5.69 Å². The van der Waals surface area contributed by atoms with Crippen LogP contribution in [0.4, 0.5) is 16.2 Å². The van der Waals surface area contributed by atoms with Gasteiger partial charge in [0.15, 0.2) is 0 Å². The number of amides is 2. The molecule has 2 rings (SSSR count). The van der Waals surface area contributed by atoms with Crippen LogP contribution in [0.3, 0.4) is 0 Å². The van der Waals surface area contributed by atoms with Gasteiger partial charge < -0.3 is 15.4 Å². The van der Waals surface area contributed by atoms with Gasteiger partial charge in [-0.1, -0.05) is 13.8 Å². The Hall–Kier alpha value is -2.35. The highest BCUT2D eigenvalue weighted by Crippen LogP contribution is 2.28. The molecule has 1 fully saturated rings. The number of likely N-dealkylation sites (tertiary alicyclic amines) is 1. The summed E-state index contributed by atoms with van der Waals surface area (Å²) in [6.45, 7) is 6.98. The number of hydrogen-bond acceptors (Lipinski definition) is 5. The topological polar surface area (TPSA) is 96.7 Å². The van der Waals surface area contributed by atoms with Crippen LogP contribution in [0.1, 0.15) is 33.1 Å². The number of urea groups is 1. The Bertz CT molecular complexity index is 630. The van der Waals surface area contributed by atoms with Crippen molar-refractivity contribution >= 4 is 17.4 Å². The number of hydrogen-bond donors (Lipinski definition) is 2. The molecule has 0 aromatic heterocycles. The van der Waals surface area contributed by atoms with Crippen LogP contribution in [0.25, 0.3) is 0 Å². The van der Waals surface area contributed by atoms with Crippen molar-refractivity contribution in [2.45, 2.75) is 39.2 Å². The Labute approximate surface area is 154 Å². The highest BCUT2D eigenvalue weighted by Gasteiger charge is 2.24. The minimum atomic E-state index is -0.538. The molecule has 0 radical (unpaired) electrons. The SMILES string of the molecule is COc1ccc(NC(=O)NC[C@H](CC(C)C)N2CCCC2)c([N+](=O)[O-])c1. The fourth-order valence-corrected chi connectivity index (χ4v) is 3.28. The number of ether oxygens (including phenoxy) is 1. The van der Waals surface area contributed by atoms with Crippen LogP contribution in [0.5, 0.6) is 5.75 Å². The zero-order chi connectivity index (χ0) is 19.1. The van der Waals surface area contributed by atoms with Crippen LogP contribution < -0.4 is 15.4 Å². The predicted molar refractivity (Wildman–Crippen MR) is 101 cm³/mol. The normalized spacial score (nSPS) is 15.7. The van der Waals surface area contributed by atoms with Crippen molar-refractivity contribution in [3.05, 3.63) is 28.3 Å². The lowest BCUT2D eigenvalue weighted by Crippen LogP contribution is -2.44. The lowest BCUT2D eigenvalue weighted by molar-refractivity contribution is -0.384. The van der Waals surface area contributed by atoms with E-state index in [1.807, 2.05) is 0 Å². The van der Waals surface area contributed by atoms with Crippen molar-refractivity contribution in [3.63, 3.8) is 0 Å². The quantitative estimate of drug-likeness (QED) is 0.545. The van der Waals surface area contributed by atoms with Crippen LogP contribution in [0.2, 0.25) is 0 Å². The number of rotatable bonds is 8. The fourth-order valence-electron chi connectivity index (χ4n) is 3.28. The van der Waals surface area contributed by atoms with E-state index in [1.54, 1.807) is 6.07 Å². The lowest BCUT2D eigenvalue weighted by atomic mass is 10.0.